The van der Waals surface area contributed by atoms with Crippen LogP contribution in [0.2, 0.25) is 0 Å². The third kappa shape index (κ3) is 3.52. The van der Waals surface area contributed by atoms with Crippen molar-refractivity contribution >= 4 is 12.1 Å². The van der Waals surface area contributed by atoms with E-state index in [1.807, 2.05) is 6.07 Å². The number of hydrogen-bond donors (Lipinski definition) is 1. The second-order valence-corrected chi connectivity index (χ2v) is 3.71. The van der Waals surface area contributed by atoms with Gasteiger partial charge in [0.05, 0.1) is 6.61 Å². The van der Waals surface area contributed by atoms with Crippen molar-refractivity contribution in [1.29, 1.82) is 0 Å². The molecular formula is C12H12O8. The smallest absolute Gasteiger partial charge is 0.449 e. The second kappa shape index (κ2) is 6.44. The molecule has 0 saturated carbocycles. The van der Waals surface area contributed by atoms with E-state index in [0.717, 1.165) is 5.56 Å². The summed E-state index contributed by atoms with van der Waals surface area (Å²) < 4.78 is 23.9. The fourth-order valence-electron chi connectivity index (χ4n) is 1.47. The van der Waals surface area contributed by atoms with Crippen LogP contribution in [0.25, 0.3) is 0 Å². The van der Waals surface area contributed by atoms with Crippen molar-refractivity contribution in [2.24, 2.45) is 0 Å². The molecule has 1 heterocycles. The molecular weight excluding hydrogens is 272 g/mol. The van der Waals surface area contributed by atoms with E-state index in [-0.39, 0.29) is 20.2 Å². The zero-order chi connectivity index (χ0) is 14.4. The number of carbonyl (C=O) groups is 2. The SMILES string of the molecule is O=C(O)OC(=O)C1(OCc2ccccc2)OCOCO1. The normalized spacial score (nSPS) is 17.4. The van der Waals surface area contributed by atoms with Crippen molar-refractivity contribution in [2.45, 2.75) is 12.6 Å². The molecule has 1 aromatic carbocycles. The topological polar surface area (TPSA) is 101 Å². The lowest BCUT2D eigenvalue weighted by Gasteiger charge is -2.32. The Balaban J connectivity index is 2.06. The van der Waals surface area contributed by atoms with Crippen molar-refractivity contribution in [3.8, 4) is 0 Å². The molecule has 0 aromatic heterocycles. The molecule has 0 amide bonds. The van der Waals surface area contributed by atoms with Crippen LogP contribution < -0.4 is 0 Å². The van der Waals surface area contributed by atoms with E-state index < -0.39 is 18.1 Å². The highest BCUT2D eigenvalue weighted by Gasteiger charge is 2.48. The van der Waals surface area contributed by atoms with E-state index in [2.05, 4.69) is 4.74 Å². The average Bonchev–Trinajstić information content (AvgIpc) is 2.46. The van der Waals surface area contributed by atoms with Gasteiger partial charge < -0.3 is 19.3 Å². The largest absolute Gasteiger partial charge is 0.513 e. The predicted molar refractivity (Wildman–Crippen MR) is 61.1 cm³/mol. The fourth-order valence-corrected chi connectivity index (χ4v) is 1.47. The zero-order valence-corrected chi connectivity index (χ0v) is 10.3. The lowest BCUT2D eigenvalue weighted by molar-refractivity contribution is -0.438. The van der Waals surface area contributed by atoms with Gasteiger partial charge in [-0.3, -0.25) is 9.47 Å². The van der Waals surface area contributed by atoms with Crippen molar-refractivity contribution in [3.63, 3.8) is 0 Å². The van der Waals surface area contributed by atoms with Gasteiger partial charge in [0, 0.05) is 0 Å². The molecule has 108 valence electrons. The monoisotopic (exact) mass is 284 g/mol. The minimum atomic E-state index is -2.24. The van der Waals surface area contributed by atoms with Crippen LogP contribution in [0.3, 0.4) is 0 Å². The van der Waals surface area contributed by atoms with Crippen LogP contribution in [-0.4, -0.2) is 36.8 Å². The molecule has 1 N–H and O–H groups in total. The van der Waals surface area contributed by atoms with E-state index in [1.165, 1.54) is 0 Å². The summed E-state index contributed by atoms with van der Waals surface area (Å²) in [5.74, 6) is -3.56. The fraction of sp³-hybridized carbons (Fsp3) is 0.333. The Morgan fingerprint density at radius 2 is 1.85 bits per heavy atom. The van der Waals surface area contributed by atoms with Crippen LogP contribution in [0.1, 0.15) is 5.56 Å². The van der Waals surface area contributed by atoms with E-state index in [0.29, 0.717) is 0 Å². The molecule has 8 heteroatoms. The van der Waals surface area contributed by atoms with Crippen LogP contribution in [0.15, 0.2) is 30.3 Å². The molecule has 1 aliphatic rings. The van der Waals surface area contributed by atoms with E-state index in [9.17, 15) is 9.59 Å². The van der Waals surface area contributed by atoms with Crippen LogP contribution in [0.4, 0.5) is 4.79 Å². The number of esters is 1. The number of carbonyl (C=O) groups excluding carboxylic acids is 1. The van der Waals surface area contributed by atoms with Crippen molar-refractivity contribution < 1.29 is 38.4 Å². The summed E-state index contributed by atoms with van der Waals surface area (Å²) in [7, 11) is 0. The van der Waals surface area contributed by atoms with Gasteiger partial charge in [-0.25, -0.2) is 9.59 Å². The summed E-state index contributed by atoms with van der Waals surface area (Å²) in [6.45, 7) is -0.609. The summed E-state index contributed by atoms with van der Waals surface area (Å²) in [5, 5.41) is 8.47. The summed E-state index contributed by atoms with van der Waals surface area (Å²) in [6.07, 6.45) is -1.78. The van der Waals surface area contributed by atoms with Gasteiger partial charge in [-0.1, -0.05) is 30.3 Å². The van der Waals surface area contributed by atoms with E-state index in [1.54, 1.807) is 24.3 Å². The van der Waals surface area contributed by atoms with Crippen LogP contribution in [-0.2, 0) is 35.1 Å². The lowest BCUT2D eigenvalue weighted by atomic mass is 10.2. The van der Waals surface area contributed by atoms with Gasteiger partial charge in [0.1, 0.15) is 0 Å². The van der Waals surface area contributed by atoms with Crippen LogP contribution in [0.5, 0.6) is 0 Å². The van der Waals surface area contributed by atoms with Gasteiger partial charge in [-0.05, 0) is 5.56 Å². The van der Waals surface area contributed by atoms with Crippen molar-refractivity contribution in [3.05, 3.63) is 35.9 Å². The highest BCUT2D eigenvalue weighted by Crippen LogP contribution is 2.23. The minimum Gasteiger partial charge on any atom is -0.449 e. The Morgan fingerprint density at radius 3 is 2.45 bits per heavy atom. The molecule has 0 aliphatic carbocycles. The quantitative estimate of drug-likeness (QED) is 0.647. The Kier molecular flexibility index (Phi) is 4.64. The molecule has 0 unspecified atom stereocenters. The molecule has 20 heavy (non-hydrogen) atoms. The third-order valence-electron chi connectivity index (χ3n) is 2.37. The third-order valence-corrected chi connectivity index (χ3v) is 2.37. The standard InChI is InChI=1S/C12H12O8/c13-10(20-11(14)15)12(18-7-16-8-19-12)17-6-9-4-2-1-3-5-9/h1-5H,6-8H2,(H,14,15). The molecule has 1 aliphatic heterocycles. The molecule has 8 nitrogen and oxygen atoms in total. The lowest BCUT2D eigenvalue weighted by Crippen LogP contribution is -2.52. The van der Waals surface area contributed by atoms with Gasteiger partial charge in [0.25, 0.3) is 0 Å². The predicted octanol–water partition coefficient (Wildman–Crippen LogP) is 1.06. The van der Waals surface area contributed by atoms with Gasteiger partial charge in [0.15, 0.2) is 13.6 Å². The van der Waals surface area contributed by atoms with Crippen molar-refractivity contribution in [1.82, 2.24) is 0 Å². The number of benzene rings is 1. The minimum absolute atomic E-state index is 0.0322. The molecule has 1 fully saturated rings. The first-order valence-electron chi connectivity index (χ1n) is 5.61. The highest BCUT2D eigenvalue weighted by atomic mass is 17.0. The summed E-state index contributed by atoms with van der Waals surface area (Å²) in [4.78, 5) is 22.1. The van der Waals surface area contributed by atoms with E-state index in [4.69, 9.17) is 24.1 Å². The molecule has 1 saturated heterocycles. The number of rotatable bonds is 4. The Labute approximate surface area is 113 Å². The van der Waals surface area contributed by atoms with Gasteiger partial charge in [-0.15, -0.1) is 0 Å². The number of carboxylic acid groups (broad SMARTS) is 1. The summed E-state index contributed by atoms with van der Waals surface area (Å²) in [6, 6.07) is 8.91. The Morgan fingerprint density at radius 1 is 1.20 bits per heavy atom. The molecule has 1 aromatic rings. The maximum absolute atomic E-state index is 11.7. The summed E-state index contributed by atoms with van der Waals surface area (Å²) >= 11 is 0. The first-order valence-corrected chi connectivity index (χ1v) is 5.61. The molecule has 0 radical (unpaired) electrons. The van der Waals surface area contributed by atoms with Crippen LogP contribution in [0, 0.1) is 0 Å². The maximum Gasteiger partial charge on any atom is 0.513 e. The van der Waals surface area contributed by atoms with Gasteiger partial charge >= 0.3 is 18.1 Å². The Hall–Kier alpha value is -2.00. The molecule has 0 bridgehead atoms. The Bertz CT molecular complexity index is 466. The van der Waals surface area contributed by atoms with Crippen LogP contribution >= 0.6 is 0 Å². The molecule has 0 spiro atoms. The summed E-state index contributed by atoms with van der Waals surface area (Å²) in [5.41, 5.74) is 0.744. The highest BCUT2D eigenvalue weighted by molar-refractivity contribution is 5.85. The first-order chi connectivity index (χ1) is 9.62. The first kappa shape index (κ1) is 14.4. The average molecular weight is 284 g/mol. The molecule has 2 rings (SSSR count). The number of ether oxygens (including phenoxy) is 5. The van der Waals surface area contributed by atoms with Gasteiger partial charge in [-0.2, -0.15) is 0 Å². The van der Waals surface area contributed by atoms with Crippen molar-refractivity contribution in [2.75, 3.05) is 13.6 Å². The maximum atomic E-state index is 11.7. The molecule has 0 atom stereocenters. The second-order valence-electron chi connectivity index (χ2n) is 3.71. The number of hydrogen-bond acceptors (Lipinski definition) is 7. The zero-order valence-electron chi connectivity index (χ0n) is 10.3. The van der Waals surface area contributed by atoms with Gasteiger partial charge in [0.2, 0.25) is 0 Å². The van der Waals surface area contributed by atoms with E-state index >= 15 is 0 Å².